The van der Waals surface area contributed by atoms with Crippen LogP contribution < -0.4 is 9.47 Å². The number of benzene rings is 4. The molecule has 0 radical (unpaired) electrons. The standard InChI is InChI=1S/C34H29NO5/c1-22-19-26-20-25(15-16-29(26)39-22)32(36)30-31(24-11-8-14-28(21-24)40-27-12-6-3-7-13-27)35(34(38)33(30)37)18-17-23-9-4-2-5-10-23/h2-16,20-22,31,36H,17-19H2,1H3/b32-30+/t22-,31-/m0/s1. The number of nitrogens with zero attached hydrogens (tertiary/aromatic N) is 1. The summed E-state index contributed by atoms with van der Waals surface area (Å²) in [4.78, 5) is 28.5. The molecule has 2 heterocycles. The van der Waals surface area contributed by atoms with Crippen LogP contribution in [0.5, 0.6) is 17.2 Å². The molecule has 2 aliphatic heterocycles. The number of para-hydroxylation sites is 1. The van der Waals surface area contributed by atoms with E-state index >= 15 is 0 Å². The maximum absolute atomic E-state index is 13.5. The zero-order valence-electron chi connectivity index (χ0n) is 22.1. The van der Waals surface area contributed by atoms with Crippen molar-refractivity contribution in [2.45, 2.75) is 31.9 Å². The number of amides is 1. The van der Waals surface area contributed by atoms with Gasteiger partial charge in [0, 0.05) is 18.5 Å². The second-order valence-corrected chi connectivity index (χ2v) is 10.2. The molecular formula is C34H29NO5. The first-order valence-electron chi connectivity index (χ1n) is 13.4. The Morgan fingerprint density at radius 2 is 1.62 bits per heavy atom. The third kappa shape index (κ3) is 4.96. The molecule has 1 fully saturated rings. The van der Waals surface area contributed by atoms with Gasteiger partial charge in [0.05, 0.1) is 11.6 Å². The van der Waals surface area contributed by atoms with E-state index in [1.54, 1.807) is 11.0 Å². The molecule has 0 saturated carbocycles. The van der Waals surface area contributed by atoms with Crippen molar-refractivity contribution in [2.24, 2.45) is 0 Å². The minimum absolute atomic E-state index is 0.0447. The van der Waals surface area contributed by atoms with Crippen molar-refractivity contribution in [3.05, 3.63) is 131 Å². The van der Waals surface area contributed by atoms with Crippen LogP contribution in [-0.4, -0.2) is 34.3 Å². The summed E-state index contributed by atoms with van der Waals surface area (Å²) in [5, 5.41) is 11.6. The van der Waals surface area contributed by atoms with E-state index in [9.17, 15) is 14.7 Å². The lowest BCUT2D eigenvalue weighted by Crippen LogP contribution is -2.31. The van der Waals surface area contributed by atoms with Crippen LogP contribution in [0.3, 0.4) is 0 Å². The van der Waals surface area contributed by atoms with Crippen LogP contribution in [0.25, 0.3) is 5.76 Å². The molecule has 6 nitrogen and oxygen atoms in total. The number of rotatable bonds is 7. The average Bonchev–Trinajstić information content (AvgIpc) is 3.47. The fourth-order valence-corrected chi connectivity index (χ4v) is 5.45. The highest BCUT2D eigenvalue weighted by atomic mass is 16.5. The smallest absolute Gasteiger partial charge is 0.295 e. The fraction of sp³-hybridized carbons (Fsp3) is 0.176. The number of hydrogen-bond acceptors (Lipinski definition) is 5. The highest BCUT2D eigenvalue weighted by Crippen LogP contribution is 2.41. The van der Waals surface area contributed by atoms with Gasteiger partial charge >= 0.3 is 0 Å². The van der Waals surface area contributed by atoms with Gasteiger partial charge in [0.15, 0.2) is 0 Å². The Kier molecular flexibility index (Phi) is 6.83. The summed E-state index contributed by atoms with van der Waals surface area (Å²) >= 11 is 0. The van der Waals surface area contributed by atoms with Crippen LogP contribution in [-0.2, 0) is 22.4 Å². The number of aliphatic hydroxyl groups excluding tert-OH is 1. The molecule has 4 aromatic carbocycles. The van der Waals surface area contributed by atoms with Crippen molar-refractivity contribution in [1.29, 1.82) is 0 Å². The predicted octanol–water partition coefficient (Wildman–Crippen LogP) is 6.47. The van der Waals surface area contributed by atoms with Crippen molar-refractivity contribution in [1.82, 2.24) is 4.90 Å². The van der Waals surface area contributed by atoms with Gasteiger partial charge in [-0.3, -0.25) is 9.59 Å². The molecule has 0 bridgehead atoms. The topological polar surface area (TPSA) is 76.1 Å². The van der Waals surface area contributed by atoms with E-state index in [0.717, 1.165) is 16.9 Å². The monoisotopic (exact) mass is 531 g/mol. The summed E-state index contributed by atoms with van der Waals surface area (Å²) in [7, 11) is 0. The second-order valence-electron chi connectivity index (χ2n) is 10.2. The molecule has 200 valence electrons. The average molecular weight is 532 g/mol. The molecule has 0 unspecified atom stereocenters. The first-order valence-corrected chi connectivity index (χ1v) is 13.4. The lowest BCUT2D eigenvalue weighted by Gasteiger charge is -2.26. The van der Waals surface area contributed by atoms with E-state index in [2.05, 4.69) is 0 Å². The van der Waals surface area contributed by atoms with Crippen LogP contribution in [0.1, 0.15) is 35.2 Å². The van der Waals surface area contributed by atoms with E-state index in [0.29, 0.717) is 42.0 Å². The number of fused-ring (bicyclic) bond motifs is 1. The van der Waals surface area contributed by atoms with Crippen molar-refractivity contribution in [3.63, 3.8) is 0 Å². The lowest BCUT2D eigenvalue weighted by atomic mass is 9.94. The van der Waals surface area contributed by atoms with Crippen molar-refractivity contribution in [2.75, 3.05) is 6.54 Å². The minimum Gasteiger partial charge on any atom is -0.507 e. The van der Waals surface area contributed by atoms with Crippen LogP contribution in [0.4, 0.5) is 0 Å². The van der Waals surface area contributed by atoms with Gasteiger partial charge in [0.2, 0.25) is 0 Å². The van der Waals surface area contributed by atoms with Gasteiger partial charge in [-0.15, -0.1) is 0 Å². The molecule has 6 rings (SSSR count). The van der Waals surface area contributed by atoms with Gasteiger partial charge in [-0.05, 0) is 72.5 Å². The predicted molar refractivity (Wildman–Crippen MR) is 152 cm³/mol. The Bertz CT molecular complexity index is 1600. The van der Waals surface area contributed by atoms with Gasteiger partial charge in [-0.25, -0.2) is 0 Å². The highest BCUT2D eigenvalue weighted by Gasteiger charge is 2.46. The number of hydrogen-bond donors (Lipinski definition) is 1. The summed E-state index contributed by atoms with van der Waals surface area (Å²) in [6, 6.07) is 31.2. The number of aliphatic hydroxyl groups is 1. The first kappa shape index (κ1) is 25.4. The molecule has 0 aromatic heterocycles. The molecule has 4 aromatic rings. The van der Waals surface area contributed by atoms with E-state index in [-0.39, 0.29) is 17.4 Å². The Labute approximate surface area is 233 Å². The molecule has 6 heteroatoms. The number of ether oxygens (including phenoxy) is 2. The number of carbonyl (C=O) groups is 2. The SMILES string of the molecule is C[C@H]1Cc2cc(/C(O)=C3\C(=O)C(=O)N(CCc4ccccc4)[C@H]3c3cccc(Oc4ccccc4)c3)ccc2O1. The van der Waals surface area contributed by atoms with E-state index in [1.165, 1.54) is 0 Å². The third-order valence-electron chi connectivity index (χ3n) is 7.35. The van der Waals surface area contributed by atoms with Crippen molar-refractivity contribution < 1.29 is 24.2 Å². The zero-order valence-corrected chi connectivity index (χ0v) is 22.1. The summed E-state index contributed by atoms with van der Waals surface area (Å²) < 4.78 is 11.9. The Balaban J connectivity index is 1.41. The molecule has 1 N–H and O–H groups in total. The molecule has 0 aliphatic carbocycles. The van der Waals surface area contributed by atoms with Crippen LogP contribution in [0.15, 0.2) is 109 Å². The first-order chi connectivity index (χ1) is 19.5. The van der Waals surface area contributed by atoms with Gasteiger partial charge in [0.25, 0.3) is 11.7 Å². The van der Waals surface area contributed by atoms with Crippen LogP contribution in [0, 0.1) is 0 Å². The summed E-state index contributed by atoms with van der Waals surface area (Å²) in [5.41, 5.74) is 3.25. The van der Waals surface area contributed by atoms with E-state index < -0.39 is 17.7 Å². The number of likely N-dealkylation sites (tertiary alicyclic amines) is 1. The van der Waals surface area contributed by atoms with E-state index in [1.807, 2.05) is 104 Å². The Morgan fingerprint density at radius 1 is 0.900 bits per heavy atom. The number of carbonyl (C=O) groups excluding carboxylic acids is 2. The molecule has 2 aliphatic rings. The second kappa shape index (κ2) is 10.7. The summed E-state index contributed by atoms with van der Waals surface area (Å²) in [6.45, 7) is 2.30. The quantitative estimate of drug-likeness (QED) is 0.168. The lowest BCUT2D eigenvalue weighted by molar-refractivity contribution is -0.139. The highest BCUT2D eigenvalue weighted by molar-refractivity contribution is 6.46. The summed E-state index contributed by atoms with van der Waals surface area (Å²) in [6.07, 6.45) is 1.33. The van der Waals surface area contributed by atoms with Gasteiger partial charge < -0.3 is 19.5 Å². The maximum Gasteiger partial charge on any atom is 0.295 e. The minimum atomic E-state index is -0.772. The third-order valence-corrected chi connectivity index (χ3v) is 7.35. The molecule has 0 spiro atoms. The maximum atomic E-state index is 13.5. The van der Waals surface area contributed by atoms with Crippen LogP contribution in [0.2, 0.25) is 0 Å². The molecule has 40 heavy (non-hydrogen) atoms. The molecule has 1 saturated heterocycles. The van der Waals surface area contributed by atoms with Gasteiger partial charge in [0.1, 0.15) is 29.1 Å². The van der Waals surface area contributed by atoms with Gasteiger partial charge in [-0.2, -0.15) is 0 Å². The number of ketones is 1. The van der Waals surface area contributed by atoms with E-state index in [4.69, 9.17) is 9.47 Å². The normalized spacial score (nSPS) is 19.4. The van der Waals surface area contributed by atoms with Gasteiger partial charge in [-0.1, -0.05) is 60.7 Å². The van der Waals surface area contributed by atoms with Crippen molar-refractivity contribution >= 4 is 17.4 Å². The molecule has 2 atom stereocenters. The van der Waals surface area contributed by atoms with Crippen molar-refractivity contribution in [3.8, 4) is 17.2 Å². The van der Waals surface area contributed by atoms with Crippen LogP contribution >= 0.6 is 0 Å². The summed E-state index contributed by atoms with van der Waals surface area (Å²) in [5.74, 6) is 0.496. The zero-order chi connectivity index (χ0) is 27.6. The number of Topliss-reactive ketones (excluding diaryl/α,β-unsaturated/α-hetero) is 1. The Morgan fingerprint density at radius 3 is 2.40 bits per heavy atom. The molecule has 1 amide bonds. The Hall–Kier alpha value is -4.84. The fourth-order valence-electron chi connectivity index (χ4n) is 5.45. The molecular weight excluding hydrogens is 502 g/mol. The largest absolute Gasteiger partial charge is 0.507 e.